The van der Waals surface area contributed by atoms with Crippen molar-refractivity contribution in [1.29, 1.82) is 0 Å². The molecule has 0 fully saturated rings. The lowest BCUT2D eigenvalue weighted by atomic mass is 10.2. The van der Waals surface area contributed by atoms with Gasteiger partial charge in [-0.25, -0.2) is 4.98 Å². The first-order valence-electron chi connectivity index (χ1n) is 4.66. The van der Waals surface area contributed by atoms with Crippen LogP contribution in [0, 0.1) is 0 Å². The normalized spacial score (nSPS) is 10.5. The second kappa shape index (κ2) is 4.42. The molecule has 0 aliphatic rings. The third-order valence-electron chi connectivity index (χ3n) is 2.02. The zero-order valence-electron chi connectivity index (χ0n) is 8.07. The first-order valence-corrected chi connectivity index (χ1v) is 5.04. The van der Waals surface area contributed by atoms with Gasteiger partial charge in [0.2, 0.25) is 0 Å². The third kappa shape index (κ3) is 2.16. The van der Waals surface area contributed by atoms with Crippen LogP contribution in [0.2, 0.25) is 5.15 Å². The molecule has 5 heteroatoms. The number of nitrogens with two attached hydrogens (primary N) is 1. The fourth-order valence-corrected chi connectivity index (χ4v) is 1.61. The van der Waals surface area contributed by atoms with Crippen LogP contribution in [0.5, 0.6) is 0 Å². The second-order valence-corrected chi connectivity index (χ2v) is 3.50. The Hall–Kier alpha value is -1.39. The van der Waals surface area contributed by atoms with Gasteiger partial charge in [-0.2, -0.15) is 0 Å². The van der Waals surface area contributed by atoms with E-state index in [-0.39, 0.29) is 0 Å². The molecule has 0 saturated heterocycles. The lowest BCUT2D eigenvalue weighted by Gasteiger charge is -1.94. The number of pyridine rings is 1. The van der Waals surface area contributed by atoms with E-state index in [9.17, 15) is 0 Å². The van der Waals surface area contributed by atoms with Crippen LogP contribution in [-0.4, -0.2) is 21.5 Å². The number of halogens is 1. The molecule has 0 saturated carbocycles. The summed E-state index contributed by atoms with van der Waals surface area (Å²) in [5.41, 5.74) is 7.08. The van der Waals surface area contributed by atoms with Crippen molar-refractivity contribution in [2.45, 2.75) is 6.42 Å². The van der Waals surface area contributed by atoms with E-state index >= 15 is 0 Å². The van der Waals surface area contributed by atoms with Gasteiger partial charge in [-0.05, 0) is 18.7 Å². The van der Waals surface area contributed by atoms with Crippen LogP contribution in [-0.2, 0) is 6.42 Å². The van der Waals surface area contributed by atoms with E-state index in [0.29, 0.717) is 18.1 Å². The molecule has 2 aromatic heterocycles. The maximum absolute atomic E-state index is 6.03. The molecule has 0 bridgehead atoms. The summed E-state index contributed by atoms with van der Waals surface area (Å²) < 4.78 is 0. The Labute approximate surface area is 92.5 Å². The maximum atomic E-state index is 6.03. The van der Waals surface area contributed by atoms with Crippen molar-refractivity contribution in [2.75, 3.05) is 6.54 Å². The zero-order valence-corrected chi connectivity index (χ0v) is 8.83. The van der Waals surface area contributed by atoms with Crippen molar-refractivity contribution < 1.29 is 0 Å². The Balaban J connectivity index is 2.36. The van der Waals surface area contributed by atoms with Gasteiger partial charge < -0.3 is 10.7 Å². The van der Waals surface area contributed by atoms with E-state index in [1.165, 1.54) is 0 Å². The summed E-state index contributed by atoms with van der Waals surface area (Å²) >= 11 is 6.03. The van der Waals surface area contributed by atoms with Gasteiger partial charge in [0, 0.05) is 24.4 Å². The quantitative estimate of drug-likeness (QED) is 0.830. The molecule has 0 aromatic carbocycles. The minimum absolute atomic E-state index is 0.534. The molecule has 0 radical (unpaired) electrons. The van der Waals surface area contributed by atoms with Gasteiger partial charge in [0.25, 0.3) is 0 Å². The fraction of sp³-hybridized carbons (Fsp3) is 0.200. The summed E-state index contributed by atoms with van der Waals surface area (Å²) in [7, 11) is 0. The smallest absolute Gasteiger partial charge is 0.134 e. The molecule has 78 valence electrons. The summed E-state index contributed by atoms with van der Waals surface area (Å²) in [4.78, 5) is 11.4. The number of aromatic nitrogens is 3. The topological polar surface area (TPSA) is 67.6 Å². The summed E-state index contributed by atoms with van der Waals surface area (Å²) in [5.74, 6) is 0.807. The molecule has 2 rings (SSSR count). The molecule has 0 atom stereocenters. The van der Waals surface area contributed by atoms with Crippen molar-refractivity contribution in [3.8, 4) is 11.3 Å². The molecular formula is C10H11ClN4. The minimum Gasteiger partial charge on any atom is -0.332 e. The highest BCUT2D eigenvalue weighted by Crippen LogP contribution is 2.24. The third-order valence-corrected chi connectivity index (χ3v) is 2.30. The van der Waals surface area contributed by atoms with Crippen LogP contribution in [0.25, 0.3) is 11.3 Å². The molecule has 4 nitrogen and oxygen atoms in total. The first kappa shape index (κ1) is 10.1. The molecule has 0 spiro atoms. The minimum atomic E-state index is 0.534. The van der Waals surface area contributed by atoms with Crippen LogP contribution in [0.15, 0.2) is 24.5 Å². The monoisotopic (exact) mass is 222 g/mol. The number of hydrogen-bond acceptors (Lipinski definition) is 3. The maximum Gasteiger partial charge on any atom is 0.134 e. The molecule has 15 heavy (non-hydrogen) atoms. The van der Waals surface area contributed by atoms with Crippen LogP contribution >= 0.6 is 11.6 Å². The Morgan fingerprint density at radius 3 is 3.00 bits per heavy atom. The number of imidazole rings is 1. The molecule has 0 aliphatic heterocycles. The summed E-state index contributed by atoms with van der Waals surface area (Å²) in [6.45, 7) is 0.552. The summed E-state index contributed by atoms with van der Waals surface area (Å²) in [5, 5.41) is 0.534. The van der Waals surface area contributed by atoms with Gasteiger partial charge in [-0.3, -0.25) is 4.98 Å². The SMILES string of the molecule is NCCc1nc(-c2cccnc2)c(Cl)[nH]1. The molecule has 0 unspecified atom stereocenters. The van der Waals surface area contributed by atoms with Gasteiger partial charge in [-0.15, -0.1) is 0 Å². The van der Waals surface area contributed by atoms with Crippen molar-refractivity contribution in [3.05, 3.63) is 35.5 Å². The standard InChI is InChI=1S/C10H11ClN4/c11-10-9(7-2-1-5-13-6-7)14-8(15-10)3-4-12/h1-2,5-6H,3-4,12H2,(H,14,15). The average molecular weight is 223 g/mol. The number of hydrogen-bond donors (Lipinski definition) is 2. The number of aromatic amines is 1. The number of nitrogens with zero attached hydrogens (tertiary/aromatic N) is 2. The Morgan fingerprint density at radius 1 is 1.47 bits per heavy atom. The molecule has 2 heterocycles. The Kier molecular flexibility index (Phi) is 2.99. The van der Waals surface area contributed by atoms with E-state index in [1.807, 2.05) is 12.1 Å². The van der Waals surface area contributed by atoms with Gasteiger partial charge in [0.15, 0.2) is 0 Å². The summed E-state index contributed by atoms with van der Waals surface area (Å²) in [6, 6.07) is 3.77. The second-order valence-electron chi connectivity index (χ2n) is 3.13. The van der Waals surface area contributed by atoms with Crippen molar-refractivity contribution in [2.24, 2.45) is 5.73 Å². The molecular weight excluding hydrogens is 212 g/mol. The molecule has 0 aliphatic carbocycles. The average Bonchev–Trinajstić information content (AvgIpc) is 2.61. The molecule has 0 amide bonds. The van der Waals surface area contributed by atoms with E-state index in [2.05, 4.69) is 15.0 Å². The highest BCUT2D eigenvalue weighted by atomic mass is 35.5. The predicted octanol–water partition coefficient (Wildman–Crippen LogP) is 1.63. The molecule has 3 N–H and O–H groups in total. The first-order chi connectivity index (χ1) is 7.31. The largest absolute Gasteiger partial charge is 0.332 e. The van der Waals surface area contributed by atoms with E-state index < -0.39 is 0 Å². The summed E-state index contributed by atoms with van der Waals surface area (Å²) in [6.07, 6.45) is 4.14. The van der Waals surface area contributed by atoms with Gasteiger partial charge >= 0.3 is 0 Å². The van der Waals surface area contributed by atoms with Gasteiger partial charge in [-0.1, -0.05) is 11.6 Å². The molecule has 2 aromatic rings. The Morgan fingerprint density at radius 2 is 2.33 bits per heavy atom. The van der Waals surface area contributed by atoms with E-state index in [1.54, 1.807) is 12.4 Å². The lowest BCUT2D eigenvalue weighted by Crippen LogP contribution is -2.03. The highest BCUT2D eigenvalue weighted by Gasteiger charge is 2.09. The van der Waals surface area contributed by atoms with E-state index in [0.717, 1.165) is 17.1 Å². The zero-order chi connectivity index (χ0) is 10.7. The van der Waals surface area contributed by atoms with Crippen molar-refractivity contribution in [3.63, 3.8) is 0 Å². The van der Waals surface area contributed by atoms with Crippen LogP contribution in [0.1, 0.15) is 5.82 Å². The number of nitrogens with one attached hydrogen (secondary N) is 1. The fourth-order valence-electron chi connectivity index (χ4n) is 1.35. The van der Waals surface area contributed by atoms with Gasteiger partial charge in [0.05, 0.1) is 0 Å². The van der Waals surface area contributed by atoms with Crippen LogP contribution < -0.4 is 5.73 Å². The van der Waals surface area contributed by atoms with Crippen molar-refractivity contribution >= 4 is 11.6 Å². The number of H-pyrrole nitrogens is 1. The van der Waals surface area contributed by atoms with Gasteiger partial charge in [0.1, 0.15) is 16.7 Å². The predicted molar refractivity (Wildman–Crippen MR) is 59.6 cm³/mol. The Bertz CT molecular complexity index is 438. The van der Waals surface area contributed by atoms with Crippen molar-refractivity contribution in [1.82, 2.24) is 15.0 Å². The number of rotatable bonds is 3. The highest BCUT2D eigenvalue weighted by molar-refractivity contribution is 6.31. The van der Waals surface area contributed by atoms with E-state index in [4.69, 9.17) is 17.3 Å². The van der Waals surface area contributed by atoms with Crippen LogP contribution in [0.3, 0.4) is 0 Å². The lowest BCUT2D eigenvalue weighted by molar-refractivity contribution is 0.895. The van der Waals surface area contributed by atoms with Crippen LogP contribution in [0.4, 0.5) is 0 Å².